The predicted octanol–water partition coefficient (Wildman–Crippen LogP) is 0.745. The predicted molar refractivity (Wildman–Crippen MR) is 82.0 cm³/mol. The molecule has 1 aliphatic rings. The second-order valence-corrected chi connectivity index (χ2v) is 5.51. The quantitative estimate of drug-likeness (QED) is 0.805. The fourth-order valence-electron chi connectivity index (χ4n) is 2.35. The van der Waals surface area contributed by atoms with Crippen molar-refractivity contribution in [3.63, 3.8) is 0 Å². The number of thiocarbonyl (C=S) groups is 1. The van der Waals surface area contributed by atoms with Crippen molar-refractivity contribution in [2.24, 2.45) is 5.73 Å². The zero-order valence-corrected chi connectivity index (χ0v) is 12.3. The van der Waals surface area contributed by atoms with Gasteiger partial charge in [0.2, 0.25) is 0 Å². The molecule has 0 aromatic heterocycles. The molecule has 1 aromatic rings. The lowest BCUT2D eigenvalue weighted by atomic mass is 10.1. The Morgan fingerprint density at radius 1 is 1.35 bits per heavy atom. The number of phenolic OH excluding ortho intramolecular Hbond substituents is 1. The summed E-state index contributed by atoms with van der Waals surface area (Å²) in [5.74, 6) is 0.122. The van der Waals surface area contributed by atoms with Crippen LogP contribution in [0.25, 0.3) is 0 Å². The third-order valence-corrected chi connectivity index (χ3v) is 3.70. The maximum absolute atomic E-state index is 12.4. The minimum atomic E-state index is -0.0339. The number of amides is 1. The fourth-order valence-corrected chi connectivity index (χ4v) is 2.54. The molecule has 0 radical (unpaired) electrons. The van der Waals surface area contributed by atoms with Gasteiger partial charge in [0.1, 0.15) is 5.75 Å². The van der Waals surface area contributed by atoms with Crippen molar-refractivity contribution in [1.82, 2.24) is 9.80 Å². The molecule has 0 atom stereocenters. The number of hydrogen-bond acceptors (Lipinski definition) is 4. The second kappa shape index (κ2) is 6.19. The summed E-state index contributed by atoms with van der Waals surface area (Å²) >= 11 is 4.89. The Hall–Kier alpha value is -1.66. The third kappa shape index (κ3) is 3.26. The average Bonchev–Trinajstić information content (AvgIpc) is 2.41. The van der Waals surface area contributed by atoms with Crippen LogP contribution in [0.4, 0.5) is 0 Å². The fraction of sp³-hybridized carbons (Fsp3) is 0.429. The molecule has 6 heteroatoms. The largest absolute Gasteiger partial charge is 0.508 e. The van der Waals surface area contributed by atoms with Gasteiger partial charge in [0.05, 0.1) is 4.99 Å². The molecule has 0 spiro atoms. The highest BCUT2D eigenvalue weighted by Gasteiger charge is 2.23. The van der Waals surface area contributed by atoms with Crippen molar-refractivity contribution in [2.45, 2.75) is 6.92 Å². The summed E-state index contributed by atoms with van der Waals surface area (Å²) in [6.45, 7) is 5.18. The van der Waals surface area contributed by atoms with Crippen molar-refractivity contribution < 1.29 is 9.90 Å². The van der Waals surface area contributed by atoms with Crippen LogP contribution in [0.15, 0.2) is 18.2 Å². The number of carbonyl (C=O) groups excluding carboxylic acids is 1. The topological polar surface area (TPSA) is 69.8 Å². The highest BCUT2D eigenvalue weighted by atomic mass is 32.1. The van der Waals surface area contributed by atoms with E-state index in [1.54, 1.807) is 30.0 Å². The molecule has 2 rings (SSSR count). The molecule has 1 amide bonds. The van der Waals surface area contributed by atoms with Gasteiger partial charge in [-0.15, -0.1) is 0 Å². The molecule has 5 nitrogen and oxygen atoms in total. The van der Waals surface area contributed by atoms with Gasteiger partial charge in [0.25, 0.3) is 5.91 Å². The van der Waals surface area contributed by atoms with Gasteiger partial charge in [-0.05, 0) is 19.1 Å². The number of aromatic hydroxyl groups is 1. The van der Waals surface area contributed by atoms with E-state index in [1.807, 2.05) is 0 Å². The number of nitrogens with zero attached hydrogens (tertiary/aromatic N) is 2. The Kier molecular flexibility index (Phi) is 4.57. The smallest absolute Gasteiger partial charge is 0.254 e. The van der Waals surface area contributed by atoms with E-state index < -0.39 is 0 Å². The van der Waals surface area contributed by atoms with Crippen LogP contribution in [-0.2, 0) is 0 Å². The number of piperazine rings is 1. The van der Waals surface area contributed by atoms with Crippen LogP contribution in [0.5, 0.6) is 5.75 Å². The van der Waals surface area contributed by atoms with Crippen molar-refractivity contribution >= 4 is 23.1 Å². The van der Waals surface area contributed by atoms with Gasteiger partial charge in [-0.25, -0.2) is 0 Å². The van der Waals surface area contributed by atoms with Gasteiger partial charge in [-0.2, -0.15) is 0 Å². The lowest BCUT2D eigenvalue weighted by Gasteiger charge is -2.34. The van der Waals surface area contributed by atoms with Crippen LogP contribution in [0.2, 0.25) is 0 Å². The molecule has 0 aliphatic carbocycles. The minimum Gasteiger partial charge on any atom is -0.508 e. The zero-order valence-electron chi connectivity index (χ0n) is 11.5. The zero-order chi connectivity index (χ0) is 14.7. The average molecular weight is 293 g/mol. The summed E-state index contributed by atoms with van der Waals surface area (Å²) in [7, 11) is 0. The van der Waals surface area contributed by atoms with Crippen LogP contribution in [0, 0.1) is 6.92 Å². The first-order chi connectivity index (χ1) is 9.49. The molecule has 1 aliphatic heterocycles. The van der Waals surface area contributed by atoms with Gasteiger partial charge in [0.15, 0.2) is 0 Å². The van der Waals surface area contributed by atoms with Crippen LogP contribution in [-0.4, -0.2) is 58.5 Å². The van der Waals surface area contributed by atoms with E-state index in [1.165, 1.54) is 0 Å². The highest BCUT2D eigenvalue weighted by Crippen LogP contribution is 2.21. The first kappa shape index (κ1) is 14.7. The van der Waals surface area contributed by atoms with Crippen molar-refractivity contribution in [3.05, 3.63) is 29.3 Å². The second-order valence-electron chi connectivity index (χ2n) is 4.98. The van der Waals surface area contributed by atoms with E-state index in [0.29, 0.717) is 35.7 Å². The van der Waals surface area contributed by atoms with Gasteiger partial charge in [-0.1, -0.05) is 18.3 Å². The maximum atomic E-state index is 12.4. The maximum Gasteiger partial charge on any atom is 0.254 e. The SMILES string of the molecule is Cc1c(O)cccc1C(=O)N1CCN(CC(N)=S)CC1. The molecule has 0 unspecified atom stereocenters. The number of hydrogen-bond donors (Lipinski definition) is 2. The standard InChI is InChI=1S/C14H19N3O2S/c1-10-11(3-2-4-12(10)18)14(19)17-7-5-16(6-8-17)9-13(15)20/h2-4,18H,5-9H2,1H3,(H2,15,20). The number of nitrogens with two attached hydrogens (primary N) is 1. The Balaban J connectivity index is 2.02. The van der Waals surface area contributed by atoms with Gasteiger partial charge in [-0.3, -0.25) is 9.69 Å². The molecule has 108 valence electrons. The lowest BCUT2D eigenvalue weighted by molar-refractivity contribution is 0.0653. The van der Waals surface area contributed by atoms with E-state index in [4.69, 9.17) is 18.0 Å². The summed E-state index contributed by atoms with van der Waals surface area (Å²) in [5.41, 5.74) is 6.72. The molecule has 1 heterocycles. The number of rotatable bonds is 3. The Morgan fingerprint density at radius 3 is 2.60 bits per heavy atom. The molecular weight excluding hydrogens is 274 g/mol. The van der Waals surface area contributed by atoms with Crippen molar-refractivity contribution in [2.75, 3.05) is 32.7 Å². The van der Waals surface area contributed by atoms with Crippen LogP contribution >= 0.6 is 12.2 Å². The summed E-state index contributed by atoms with van der Waals surface area (Å²) in [6.07, 6.45) is 0. The number of benzene rings is 1. The molecule has 20 heavy (non-hydrogen) atoms. The van der Waals surface area contributed by atoms with Crippen LogP contribution in [0.3, 0.4) is 0 Å². The lowest BCUT2D eigenvalue weighted by Crippen LogP contribution is -2.50. The van der Waals surface area contributed by atoms with Gasteiger partial charge in [0, 0.05) is 43.9 Å². The molecule has 0 bridgehead atoms. The minimum absolute atomic E-state index is 0.0339. The highest BCUT2D eigenvalue weighted by molar-refractivity contribution is 7.80. The van der Waals surface area contributed by atoms with E-state index in [-0.39, 0.29) is 11.7 Å². The van der Waals surface area contributed by atoms with Crippen LogP contribution in [0.1, 0.15) is 15.9 Å². The van der Waals surface area contributed by atoms with Crippen molar-refractivity contribution in [3.8, 4) is 5.75 Å². The van der Waals surface area contributed by atoms with Crippen molar-refractivity contribution in [1.29, 1.82) is 0 Å². The van der Waals surface area contributed by atoms with E-state index >= 15 is 0 Å². The molecule has 1 fully saturated rings. The van der Waals surface area contributed by atoms with E-state index in [9.17, 15) is 9.90 Å². The number of phenols is 1. The van der Waals surface area contributed by atoms with E-state index in [0.717, 1.165) is 13.1 Å². The van der Waals surface area contributed by atoms with Gasteiger partial charge >= 0.3 is 0 Å². The normalized spacial score (nSPS) is 16.1. The molecule has 1 aromatic carbocycles. The third-order valence-electron chi connectivity index (χ3n) is 3.57. The Bertz CT molecular complexity index is 525. The first-order valence-corrected chi connectivity index (χ1v) is 6.98. The Morgan fingerprint density at radius 2 is 2.00 bits per heavy atom. The molecule has 3 N–H and O–H groups in total. The summed E-state index contributed by atoms with van der Waals surface area (Å²) < 4.78 is 0. The summed E-state index contributed by atoms with van der Waals surface area (Å²) in [4.78, 5) is 16.9. The summed E-state index contributed by atoms with van der Waals surface area (Å²) in [5, 5.41) is 9.68. The first-order valence-electron chi connectivity index (χ1n) is 6.57. The molecule has 0 saturated carbocycles. The Labute approximate surface area is 124 Å². The van der Waals surface area contributed by atoms with Gasteiger partial charge < -0.3 is 15.7 Å². The van der Waals surface area contributed by atoms with Crippen LogP contribution < -0.4 is 5.73 Å². The summed E-state index contributed by atoms with van der Waals surface area (Å²) in [6, 6.07) is 5.03. The number of carbonyl (C=O) groups is 1. The van der Waals surface area contributed by atoms with E-state index in [2.05, 4.69) is 4.90 Å². The monoisotopic (exact) mass is 293 g/mol. The molecule has 1 saturated heterocycles. The molecular formula is C14H19N3O2S.